The number of hydrogen-bond donors (Lipinski definition) is 1. The standard InChI is InChI=1S/C23H24Cl2N2O2S/c1-14(2)21(15(3)28)22-23(30-19-10-17(24)9-18(25)11-19)27-20(26-22)13-29-12-16-7-5-4-6-8-16/h4-11,14,21H,12-13H2,1-3H3,(H,26,27). The summed E-state index contributed by atoms with van der Waals surface area (Å²) < 4.78 is 5.83. The second kappa shape index (κ2) is 10.5. The number of rotatable bonds is 9. The summed E-state index contributed by atoms with van der Waals surface area (Å²) in [5.74, 6) is 0.626. The van der Waals surface area contributed by atoms with Crippen LogP contribution in [0, 0.1) is 5.92 Å². The molecule has 1 atom stereocenters. The summed E-state index contributed by atoms with van der Waals surface area (Å²) in [5, 5.41) is 1.85. The molecule has 0 fully saturated rings. The van der Waals surface area contributed by atoms with Gasteiger partial charge in [-0.3, -0.25) is 4.79 Å². The summed E-state index contributed by atoms with van der Waals surface area (Å²) in [5.41, 5.74) is 1.90. The number of nitrogens with one attached hydrogen (secondary N) is 1. The fourth-order valence-electron chi connectivity index (χ4n) is 3.32. The monoisotopic (exact) mass is 462 g/mol. The molecule has 0 saturated heterocycles. The van der Waals surface area contributed by atoms with Crippen molar-refractivity contribution in [2.75, 3.05) is 0 Å². The zero-order valence-electron chi connectivity index (χ0n) is 17.1. The SMILES string of the molecule is CC(=O)C(c1[nH]c(COCc2ccccc2)nc1Sc1cc(Cl)cc(Cl)c1)C(C)C. The van der Waals surface area contributed by atoms with Crippen LogP contribution in [0.25, 0.3) is 0 Å². The lowest BCUT2D eigenvalue weighted by molar-refractivity contribution is -0.119. The van der Waals surface area contributed by atoms with E-state index in [0.717, 1.165) is 21.2 Å². The van der Waals surface area contributed by atoms with Crippen LogP contribution in [-0.2, 0) is 22.7 Å². The summed E-state index contributed by atoms with van der Waals surface area (Å²) in [4.78, 5) is 21.3. The summed E-state index contributed by atoms with van der Waals surface area (Å²) in [7, 11) is 0. The Labute approximate surface area is 191 Å². The Kier molecular flexibility index (Phi) is 8.00. The minimum Gasteiger partial charge on any atom is -0.369 e. The molecular formula is C23H24Cl2N2O2S. The number of carbonyl (C=O) groups excluding carboxylic acids is 1. The first-order chi connectivity index (χ1) is 14.3. The summed E-state index contributed by atoms with van der Waals surface area (Å²) >= 11 is 13.7. The van der Waals surface area contributed by atoms with Gasteiger partial charge in [-0.2, -0.15) is 0 Å². The molecule has 0 aliphatic rings. The Balaban J connectivity index is 1.85. The smallest absolute Gasteiger partial charge is 0.139 e. The predicted octanol–water partition coefficient (Wildman–Crippen LogP) is 6.91. The highest BCUT2D eigenvalue weighted by atomic mass is 35.5. The van der Waals surface area contributed by atoms with E-state index >= 15 is 0 Å². The molecule has 1 heterocycles. The lowest BCUT2D eigenvalue weighted by Crippen LogP contribution is -2.16. The van der Waals surface area contributed by atoms with E-state index in [0.29, 0.717) is 29.1 Å². The van der Waals surface area contributed by atoms with Gasteiger partial charge in [-0.1, -0.05) is 79.1 Å². The van der Waals surface area contributed by atoms with Gasteiger partial charge in [0.2, 0.25) is 0 Å². The third kappa shape index (κ3) is 6.11. The number of Topliss-reactive ketones (excluding diaryl/α,β-unsaturated/α-hetero) is 1. The third-order valence-corrected chi connectivity index (χ3v) is 5.97. The Hall–Kier alpha value is -1.79. The van der Waals surface area contributed by atoms with E-state index < -0.39 is 0 Å². The number of benzene rings is 2. The highest BCUT2D eigenvalue weighted by molar-refractivity contribution is 7.99. The fraction of sp³-hybridized carbons (Fsp3) is 0.304. The van der Waals surface area contributed by atoms with E-state index in [9.17, 15) is 4.79 Å². The molecule has 0 radical (unpaired) electrons. The van der Waals surface area contributed by atoms with Crippen molar-refractivity contribution in [1.29, 1.82) is 0 Å². The normalized spacial score (nSPS) is 12.3. The van der Waals surface area contributed by atoms with Crippen molar-refractivity contribution in [3.63, 3.8) is 0 Å². The van der Waals surface area contributed by atoms with Crippen LogP contribution in [0.3, 0.4) is 0 Å². The molecule has 30 heavy (non-hydrogen) atoms. The van der Waals surface area contributed by atoms with Crippen molar-refractivity contribution in [3.05, 3.63) is 75.7 Å². The van der Waals surface area contributed by atoms with Crippen molar-refractivity contribution >= 4 is 40.7 Å². The molecule has 0 aliphatic heterocycles. The molecule has 3 aromatic rings. The van der Waals surface area contributed by atoms with Crippen molar-refractivity contribution in [1.82, 2.24) is 9.97 Å². The molecule has 0 bridgehead atoms. The van der Waals surface area contributed by atoms with Crippen LogP contribution in [0.4, 0.5) is 0 Å². The number of ketones is 1. The Morgan fingerprint density at radius 1 is 1.10 bits per heavy atom. The Morgan fingerprint density at radius 3 is 2.37 bits per heavy atom. The number of H-pyrrole nitrogens is 1. The van der Waals surface area contributed by atoms with E-state index in [1.54, 1.807) is 13.0 Å². The maximum atomic E-state index is 12.4. The molecule has 158 valence electrons. The van der Waals surface area contributed by atoms with Crippen LogP contribution in [0.2, 0.25) is 10.0 Å². The summed E-state index contributed by atoms with van der Waals surface area (Å²) in [6.45, 7) is 6.49. The van der Waals surface area contributed by atoms with Crippen molar-refractivity contribution < 1.29 is 9.53 Å². The lowest BCUT2D eigenvalue weighted by Gasteiger charge is -2.17. The largest absolute Gasteiger partial charge is 0.369 e. The Bertz CT molecular complexity index is 985. The van der Waals surface area contributed by atoms with Gasteiger partial charge in [0.25, 0.3) is 0 Å². The Morgan fingerprint density at radius 2 is 1.77 bits per heavy atom. The molecule has 0 saturated carbocycles. The highest BCUT2D eigenvalue weighted by Crippen LogP contribution is 2.37. The number of aromatic nitrogens is 2. The predicted molar refractivity (Wildman–Crippen MR) is 122 cm³/mol. The van der Waals surface area contributed by atoms with Gasteiger partial charge in [0.15, 0.2) is 0 Å². The van der Waals surface area contributed by atoms with Crippen molar-refractivity contribution in [2.45, 2.75) is 49.8 Å². The summed E-state index contributed by atoms with van der Waals surface area (Å²) in [6.07, 6.45) is 0. The molecule has 2 aromatic carbocycles. The number of carbonyl (C=O) groups is 1. The van der Waals surface area contributed by atoms with Gasteiger partial charge in [0, 0.05) is 14.9 Å². The molecule has 4 nitrogen and oxygen atoms in total. The maximum absolute atomic E-state index is 12.4. The molecule has 0 spiro atoms. The molecule has 1 N–H and O–H groups in total. The van der Waals surface area contributed by atoms with Crippen LogP contribution in [0.15, 0.2) is 58.5 Å². The van der Waals surface area contributed by atoms with E-state index in [2.05, 4.69) is 4.98 Å². The van der Waals surface area contributed by atoms with Crippen LogP contribution < -0.4 is 0 Å². The van der Waals surface area contributed by atoms with Gasteiger partial charge in [-0.05, 0) is 36.6 Å². The van der Waals surface area contributed by atoms with Gasteiger partial charge in [0.1, 0.15) is 23.2 Å². The molecule has 1 unspecified atom stereocenters. The average molecular weight is 463 g/mol. The van der Waals surface area contributed by atoms with Gasteiger partial charge < -0.3 is 9.72 Å². The molecule has 3 rings (SSSR count). The van der Waals surface area contributed by atoms with Crippen LogP contribution in [0.5, 0.6) is 0 Å². The number of nitrogens with zero attached hydrogens (tertiary/aromatic N) is 1. The molecule has 0 aliphatic carbocycles. The van der Waals surface area contributed by atoms with E-state index in [4.69, 9.17) is 32.9 Å². The number of ether oxygens (including phenoxy) is 1. The summed E-state index contributed by atoms with van der Waals surface area (Å²) in [6, 6.07) is 15.3. The molecule has 7 heteroatoms. The third-order valence-electron chi connectivity index (χ3n) is 4.56. The van der Waals surface area contributed by atoms with Crippen LogP contribution >= 0.6 is 35.0 Å². The van der Waals surface area contributed by atoms with Gasteiger partial charge in [-0.25, -0.2) is 4.98 Å². The molecule has 0 amide bonds. The number of hydrogen-bond acceptors (Lipinski definition) is 4. The van der Waals surface area contributed by atoms with Gasteiger partial charge >= 0.3 is 0 Å². The number of imidazole rings is 1. The second-order valence-corrected chi connectivity index (χ2v) is 9.36. The zero-order valence-corrected chi connectivity index (χ0v) is 19.4. The average Bonchev–Trinajstić information content (AvgIpc) is 3.03. The van der Waals surface area contributed by atoms with Gasteiger partial charge in [0.05, 0.1) is 18.2 Å². The first-order valence-electron chi connectivity index (χ1n) is 9.68. The van der Waals surface area contributed by atoms with E-state index in [1.165, 1.54) is 11.8 Å². The van der Waals surface area contributed by atoms with Crippen LogP contribution in [0.1, 0.15) is 43.8 Å². The second-order valence-electron chi connectivity index (χ2n) is 7.42. The van der Waals surface area contributed by atoms with E-state index in [-0.39, 0.29) is 17.6 Å². The van der Waals surface area contributed by atoms with Gasteiger partial charge in [-0.15, -0.1) is 0 Å². The minimum absolute atomic E-state index is 0.0939. The van der Waals surface area contributed by atoms with E-state index in [1.807, 2.05) is 56.3 Å². The van der Waals surface area contributed by atoms with Crippen molar-refractivity contribution in [2.24, 2.45) is 5.92 Å². The van der Waals surface area contributed by atoms with Crippen molar-refractivity contribution in [3.8, 4) is 0 Å². The number of halogens is 2. The quantitative estimate of drug-likeness (QED) is 0.375. The topological polar surface area (TPSA) is 55.0 Å². The van der Waals surface area contributed by atoms with Crippen LogP contribution in [-0.4, -0.2) is 15.8 Å². The molecule has 1 aromatic heterocycles. The first kappa shape index (κ1) is 22.9. The fourth-order valence-corrected chi connectivity index (χ4v) is 5.02. The zero-order chi connectivity index (χ0) is 21.7. The number of aromatic amines is 1. The minimum atomic E-state index is -0.280. The highest BCUT2D eigenvalue weighted by Gasteiger charge is 2.27. The lowest BCUT2D eigenvalue weighted by atomic mass is 9.89. The maximum Gasteiger partial charge on any atom is 0.139 e. The molecular weight excluding hydrogens is 439 g/mol. The first-order valence-corrected chi connectivity index (χ1v) is 11.3.